The molecule has 20 heavy (non-hydrogen) atoms. The SMILES string of the molecule is CC(CNC(=O)c1sc2ccc(Br)cc2c1N)C1CC1. The molecule has 0 spiro atoms. The first-order valence-corrected chi connectivity index (χ1v) is 8.43. The van der Waals surface area contributed by atoms with E-state index in [1.54, 1.807) is 0 Å². The van der Waals surface area contributed by atoms with Gasteiger partial charge >= 0.3 is 0 Å². The number of carbonyl (C=O) groups is 1. The van der Waals surface area contributed by atoms with Gasteiger partial charge in [-0.1, -0.05) is 22.9 Å². The molecule has 2 aromatic rings. The van der Waals surface area contributed by atoms with Crippen LogP contribution in [0.4, 0.5) is 5.69 Å². The van der Waals surface area contributed by atoms with Gasteiger partial charge in [0.1, 0.15) is 4.88 Å². The number of hydrogen-bond acceptors (Lipinski definition) is 3. The number of fused-ring (bicyclic) bond motifs is 1. The van der Waals surface area contributed by atoms with Crippen LogP contribution in [0, 0.1) is 11.8 Å². The Balaban J connectivity index is 1.78. The standard InChI is InChI=1S/C15H17BrN2OS/c1-8(9-2-3-9)7-18-15(19)14-13(17)11-6-10(16)4-5-12(11)20-14/h4-6,8-9H,2-3,7,17H2,1H3,(H,18,19). The first-order chi connectivity index (χ1) is 9.56. The molecule has 1 aliphatic carbocycles. The van der Waals surface area contributed by atoms with Crippen LogP contribution in [0.15, 0.2) is 22.7 Å². The van der Waals surface area contributed by atoms with Crippen LogP contribution in [0.5, 0.6) is 0 Å². The molecule has 5 heteroatoms. The van der Waals surface area contributed by atoms with Crippen molar-refractivity contribution in [3.05, 3.63) is 27.5 Å². The number of benzene rings is 1. The highest BCUT2D eigenvalue weighted by Crippen LogP contribution is 2.37. The lowest BCUT2D eigenvalue weighted by molar-refractivity contribution is 0.0951. The lowest BCUT2D eigenvalue weighted by Crippen LogP contribution is -2.28. The number of nitrogens with one attached hydrogen (secondary N) is 1. The average molecular weight is 353 g/mol. The maximum absolute atomic E-state index is 12.3. The topological polar surface area (TPSA) is 55.1 Å². The highest BCUT2D eigenvalue weighted by Gasteiger charge is 2.28. The lowest BCUT2D eigenvalue weighted by Gasteiger charge is -2.10. The molecule has 1 aliphatic rings. The van der Waals surface area contributed by atoms with E-state index in [4.69, 9.17) is 5.73 Å². The molecule has 0 bridgehead atoms. The molecule has 1 aromatic heterocycles. The van der Waals surface area contributed by atoms with Crippen molar-refractivity contribution in [3.8, 4) is 0 Å². The number of rotatable bonds is 4. The Morgan fingerprint density at radius 2 is 2.30 bits per heavy atom. The van der Waals surface area contributed by atoms with Gasteiger partial charge in [-0.3, -0.25) is 4.79 Å². The molecular weight excluding hydrogens is 336 g/mol. The predicted molar refractivity (Wildman–Crippen MR) is 88.2 cm³/mol. The number of nitrogens with two attached hydrogens (primary N) is 1. The van der Waals surface area contributed by atoms with Crippen molar-refractivity contribution in [2.24, 2.45) is 11.8 Å². The summed E-state index contributed by atoms with van der Waals surface area (Å²) >= 11 is 4.89. The molecule has 1 aromatic carbocycles. The second-order valence-electron chi connectivity index (χ2n) is 5.51. The minimum Gasteiger partial charge on any atom is -0.397 e. The first kappa shape index (κ1) is 13.9. The molecule has 0 aliphatic heterocycles. The summed E-state index contributed by atoms with van der Waals surface area (Å²) in [6.07, 6.45) is 2.60. The van der Waals surface area contributed by atoms with Crippen molar-refractivity contribution >= 4 is 48.9 Å². The second kappa shape index (κ2) is 5.37. The van der Waals surface area contributed by atoms with Crippen molar-refractivity contribution in [1.82, 2.24) is 5.32 Å². The van der Waals surface area contributed by atoms with E-state index >= 15 is 0 Å². The van der Waals surface area contributed by atoms with Crippen molar-refractivity contribution in [3.63, 3.8) is 0 Å². The molecule has 0 saturated heterocycles. The Hall–Kier alpha value is -1.07. The van der Waals surface area contributed by atoms with Gasteiger partial charge in [0.25, 0.3) is 5.91 Å². The largest absolute Gasteiger partial charge is 0.397 e. The normalized spacial score (nSPS) is 16.3. The van der Waals surface area contributed by atoms with Crippen molar-refractivity contribution in [2.75, 3.05) is 12.3 Å². The van der Waals surface area contributed by atoms with E-state index < -0.39 is 0 Å². The zero-order chi connectivity index (χ0) is 14.3. The third kappa shape index (κ3) is 2.69. The van der Waals surface area contributed by atoms with Crippen LogP contribution in [-0.2, 0) is 0 Å². The molecule has 1 atom stereocenters. The number of hydrogen-bond donors (Lipinski definition) is 2. The summed E-state index contributed by atoms with van der Waals surface area (Å²) in [4.78, 5) is 12.9. The van der Waals surface area contributed by atoms with E-state index in [1.807, 2.05) is 18.2 Å². The molecule has 3 nitrogen and oxygen atoms in total. The Labute approximate surface area is 130 Å². The van der Waals surface area contributed by atoms with Crippen LogP contribution in [-0.4, -0.2) is 12.5 Å². The molecule has 1 unspecified atom stereocenters. The lowest BCUT2D eigenvalue weighted by atomic mass is 10.1. The number of thiophene rings is 1. The number of anilines is 1. The van der Waals surface area contributed by atoms with Crippen LogP contribution < -0.4 is 11.1 Å². The fraction of sp³-hybridized carbons (Fsp3) is 0.400. The summed E-state index contributed by atoms with van der Waals surface area (Å²) in [6, 6.07) is 5.92. The first-order valence-electron chi connectivity index (χ1n) is 6.82. The van der Waals surface area contributed by atoms with Crippen molar-refractivity contribution in [1.29, 1.82) is 0 Å². The molecule has 1 amide bonds. The smallest absolute Gasteiger partial charge is 0.263 e. The van der Waals surface area contributed by atoms with E-state index in [1.165, 1.54) is 24.2 Å². The Morgan fingerprint density at radius 1 is 1.55 bits per heavy atom. The van der Waals surface area contributed by atoms with Gasteiger partial charge in [0.05, 0.1) is 5.69 Å². The number of nitrogen functional groups attached to an aromatic ring is 1. The zero-order valence-electron chi connectivity index (χ0n) is 11.3. The van der Waals surface area contributed by atoms with Crippen molar-refractivity contribution in [2.45, 2.75) is 19.8 Å². The summed E-state index contributed by atoms with van der Waals surface area (Å²) in [5.74, 6) is 1.31. The van der Waals surface area contributed by atoms with Crippen LogP contribution in [0.3, 0.4) is 0 Å². The van der Waals surface area contributed by atoms with E-state index in [9.17, 15) is 4.79 Å². The van der Waals surface area contributed by atoms with Crippen LogP contribution in [0.2, 0.25) is 0 Å². The molecule has 0 radical (unpaired) electrons. The molecule has 1 saturated carbocycles. The van der Waals surface area contributed by atoms with Gasteiger partial charge in [-0.05, 0) is 42.9 Å². The van der Waals surface area contributed by atoms with Gasteiger partial charge in [0.15, 0.2) is 0 Å². The summed E-state index contributed by atoms with van der Waals surface area (Å²) in [5, 5.41) is 3.97. The van der Waals surface area contributed by atoms with E-state index in [0.717, 1.165) is 27.0 Å². The monoisotopic (exact) mass is 352 g/mol. The fourth-order valence-electron chi connectivity index (χ4n) is 2.42. The molecule has 1 fully saturated rings. The molecular formula is C15H17BrN2OS. The van der Waals surface area contributed by atoms with Gasteiger partial charge in [-0.15, -0.1) is 11.3 Å². The molecule has 3 N–H and O–H groups in total. The quantitative estimate of drug-likeness (QED) is 0.872. The molecule has 106 valence electrons. The van der Waals surface area contributed by atoms with Gasteiger partial charge in [0.2, 0.25) is 0 Å². The van der Waals surface area contributed by atoms with Crippen LogP contribution in [0.1, 0.15) is 29.4 Å². The van der Waals surface area contributed by atoms with Crippen LogP contribution in [0.25, 0.3) is 10.1 Å². The number of carbonyl (C=O) groups excluding carboxylic acids is 1. The highest BCUT2D eigenvalue weighted by atomic mass is 79.9. The highest BCUT2D eigenvalue weighted by molar-refractivity contribution is 9.10. The summed E-state index contributed by atoms with van der Waals surface area (Å²) in [6.45, 7) is 2.93. The Kier molecular flexibility index (Phi) is 3.73. The number of halogens is 1. The summed E-state index contributed by atoms with van der Waals surface area (Å²) in [7, 11) is 0. The van der Waals surface area contributed by atoms with Gasteiger partial charge in [0, 0.05) is 21.1 Å². The van der Waals surface area contributed by atoms with E-state index in [2.05, 4.69) is 28.2 Å². The van der Waals surface area contributed by atoms with Gasteiger partial charge in [-0.25, -0.2) is 0 Å². The van der Waals surface area contributed by atoms with E-state index in [-0.39, 0.29) is 5.91 Å². The fourth-order valence-corrected chi connectivity index (χ4v) is 3.80. The van der Waals surface area contributed by atoms with Crippen molar-refractivity contribution < 1.29 is 4.79 Å². The second-order valence-corrected chi connectivity index (χ2v) is 7.48. The van der Waals surface area contributed by atoms with Crippen LogP contribution >= 0.6 is 27.3 Å². The molecule has 3 rings (SSSR count). The third-order valence-corrected chi connectivity index (χ3v) is 5.58. The Morgan fingerprint density at radius 3 is 3.00 bits per heavy atom. The maximum Gasteiger partial charge on any atom is 0.263 e. The van der Waals surface area contributed by atoms with Gasteiger partial charge in [-0.2, -0.15) is 0 Å². The Bertz CT molecular complexity index is 663. The zero-order valence-corrected chi connectivity index (χ0v) is 13.7. The van der Waals surface area contributed by atoms with E-state index in [0.29, 0.717) is 16.5 Å². The minimum absolute atomic E-state index is 0.0488. The summed E-state index contributed by atoms with van der Waals surface area (Å²) in [5.41, 5.74) is 6.70. The third-order valence-electron chi connectivity index (χ3n) is 3.91. The average Bonchev–Trinajstić information content (AvgIpc) is 3.22. The molecule has 1 heterocycles. The maximum atomic E-state index is 12.3. The van der Waals surface area contributed by atoms with Gasteiger partial charge < -0.3 is 11.1 Å². The minimum atomic E-state index is -0.0488. The summed E-state index contributed by atoms with van der Waals surface area (Å²) < 4.78 is 2.02. The number of amides is 1. The predicted octanol–water partition coefficient (Wildman–Crippen LogP) is 4.02.